The zero-order chi connectivity index (χ0) is 17.3. The number of rotatable bonds is 3. The molecule has 3 rings (SSSR count). The zero-order valence-corrected chi connectivity index (χ0v) is 14.5. The molecule has 0 aliphatic carbocycles. The maximum atomic E-state index is 12.9. The molecule has 1 N–H and O–H groups in total. The van der Waals surface area contributed by atoms with Crippen LogP contribution in [0.15, 0.2) is 35.2 Å². The fraction of sp³-hybridized carbons (Fsp3) is 0.375. The van der Waals surface area contributed by atoms with Crippen molar-refractivity contribution in [2.45, 2.75) is 25.2 Å². The van der Waals surface area contributed by atoms with Crippen LogP contribution in [0.25, 0.3) is 0 Å². The molecule has 2 heterocycles. The number of hydrogen-bond acceptors (Lipinski definition) is 4. The van der Waals surface area contributed by atoms with Crippen molar-refractivity contribution in [3.63, 3.8) is 0 Å². The molecule has 1 aliphatic heterocycles. The van der Waals surface area contributed by atoms with Gasteiger partial charge in [0.05, 0.1) is 17.9 Å². The number of amides is 1. The summed E-state index contributed by atoms with van der Waals surface area (Å²) < 4.78 is 27.1. The van der Waals surface area contributed by atoms with Crippen molar-refractivity contribution < 1.29 is 13.2 Å². The summed E-state index contributed by atoms with van der Waals surface area (Å²) in [6.45, 7) is 3.95. The molecule has 0 saturated carbocycles. The monoisotopic (exact) mass is 348 g/mol. The minimum Gasteiger partial charge on any atom is -0.311 e. The summed E-state index contributed by atoms with van der Waals surface area (Å²) in [5.74, 6) is -0.221. The van der Waals surface area contributed by atoms with Gasteiger partial charge in [0.25, 0.3) is 0 Å². The summed E-state index contributed by atoms with van der Waals surface area (Å²) in [6, 6.07) is 9.31. The molecule has 2 aromatic rings. The lowest BCUT2D eigenvalue weighted by Gasteiger charge is -2.21. The van der Waals surface area contributed by atoms with Crippen molar-refractivity contribution >= 4 is 21.6 Å². The molecule has 1 amide bonds. The van der Waals surface area contributed by atoms with Gasteiger partial charge >= 0.3 is 0 Å². The second kappa shape index (κ2) is 6.37. The first kappa shape index (κ1) is 16.7. The fourth-order valence-electron chi connectivity index (χ4n) is 2.98. The Morgan fingerprint density at radius 3 is 2.46 bits per heavy atom. The molecule has 1 saturated heterocycles. The third-order valence-electron chi connectivity index (χ3n) is 4.13. The first-order chi connectivity index (χ1) is 11.4. The second-order valence-corrected chi connectivity index (χ2v) is 7.71. The maximum Gasteiger partial charge on any atom is 0.247 e. The Bertz CT molecular complexity index is 826. The van der Waals surface area contributed by atoms with Crippen LogP contribution in [0, 0.1) is 13.8 Å². The molecule has 1 fully saturated rings. The maximum absolute atomic E-state index is 12.9. The molecule has 0 spiro atoms. The van der Waals surface area contributed by atoms with E-state index in [1.54, 1.807) is 18.7 Å². The highest BCUT2D eigenvalue weighted by molar-refractivity contribution is 7.89. The quantitative estimate of drug-likeness (QED) is 0.910. The van der Waals surface area contributed by atoms with Gasteiger partial charge in [0.2, 0.25) is 15.9 Å². The highest BCUT2D eigenvalue weighted by atomic mass is 32.2. The van der Waals surface area contributed by atoms with Gasteiger partial charge in [-0.05, 0) is 32.4 Å². The van der Waals surface area contributed by atoms with Gasteiger partial charge in [-0.2, -0.15) is 9.40 Å². The van der Waals surface area contributed by atoms with E-state index in [4.69, 9.17) is 0 Å². The molecule has 1 aromatic heterocycles. The Balaban J connectivity index is 1.88. The Kier molecular flexibility index (Phi) is 4.42. The van der Waals surface area contributed by atoms with Gasteiger partial charge in [-0.25, -0.2) is 8.42 Å². The number of H-pyrrole nitrogens is 1. The predicted octanol–water partition coefficient (Wildman–Crippen LogP) is 1.45. The van der Waals surface area contributed by atoms with Gasteiger partial charge in [-0.1, -0.05) is 18.2 Å². The number of aromatic amines is 1. The lowest BCUT2D eigenvalue weighted by Crippen LogP contribution is -2.39. The van der Waals surface area contributed by atoms with Crippen molar-refractivity contribution in [3.8, 4) is 0 Å². The average Bonchev–Trinajstić information content (AvgIpc) is 2.78. The number of carbonyl (C=O) groups excluding carboxylic acids is 1. The van der Waals surface area contributed by atoms with E-state index in [0.717, 1.165) is 5.69 Å². The molecule has 0 radical (unpaired) electrons. The first-order valence-electron chi connectivity index (χ1n) is 7.78. The first-order valence-corrected chi connectivity index (χ1v) is 9.22. The molecule has 0 bridgehead atoms. The molecule has 8 heteroatoms. The largest absolute Gasteiger partial charge is 0.311 e. The van der Waals surface area contributed by atoms with Crippen LogP contribution >= 0.6 is 0 Å². The number of anilines is 1. The molecule has 7 nitrogen and oxygen atoms in total. The van der Waals surface area contributed by atoms with E-state index < -0.39 is 10.0 Å². The molecule has 128 valence electrons. The Morgan fingerprint density at radius 1 is 1.12 bits per heavy atom. The van der Waals surface area contributed by atoms with E-state index in [2.05, 4.69) is 10.2 Å². The minimum atomic E-state index is -3.75. The third-order valence-corrected chi connectivity index (χ3v) is 6.24. The predicted molar refractivity (Wildman–Crippen MR) is 90.2 cm³/mol. The van der Waals surface area contributed by atoms with Gasteiger partial charge in [0, 0.05) is 18.8 Å². The van der Waals surface area contributed by atoms with Gasteiger partial charge in [-0.15, -0.1) is 0 Å². The van der Waals surface area contributed by atoms with Crippen LogP contribution in [0.3, 0.4) is 0 Å². The smallest absolute Gasteiger partial charge is 0.247 e. The second-order valence-electron chi connectivity index (χ2n) is 5.84. The van der Waals surface area contributed by atoms with E-state index in [0.29, 0.717) is 30.9 Å². The van der Waals surface area contributed by atoms with Gasteiger partial charge in [0.15, 0.2) is 0 Å². The van der Waals surface area contributed by atoms with Crippen LogP contribution < -0.4 is 4.90 Å². The average molecular weight is 348 g/mol. The number of hydrogen-bond donors (Lipinski definition) is 1. The zero-order valence-electron chi connectivity index (χ0n) is 13.7. The van der Waals surface area contributed by atoms with E-state index in [-0.39, 0.29) is 17.3 Å². The van der Waals surface area contributed by atoms with Crippen LogP contribution in [0.2, 0.25) is 0 Å². The summed E-state index contributed by atoms with van der Waals surface area (Å²) in [6.07, 6.45) is 0.579. The van der Waals surface area contributed by atoms with E-state index in [9.17, 15) is 13.2 Å². The summed E-state index contributed by atoms with van der Waals surface area (Å²) in [4.78, 5) is 14.4. The fourth-order valence-corrected chi connectivity index (χ4v) is 4.74. The lowest BCUT2D eigenvalue weighted by molar-refractivity contribution is -0.118. The topological polar surface area (TPSA) is 86.4 Å². The van der Waals surface area contributed by atoms with Crippen molar-refractivity contribution in [2.24, 2.45) is 0 Å². The van der Waals surface area contributed by atoms with Crippen LogP contribution in [0.5, 0.6) is 0 Å². The number of nitrogens with one attached hydrogen (secondary N) is 1. The van der Waals surface area contributed by atoms with Crippen molar-refractivity contribution in [3.05, 3.63) is 41.7 Å². The summed E-state index contributed by atoms with van der Waals surface area (Å²) in [5, 5.41) is 6.65. The lowest BCUT2D eigenvalue weighted by atomic mass is 10.2. The van der Waals surface area contributed by atoms with Crippen LogP contribution in [-0.2, 0) is 14.8 Å². The SMILES string of the molecule is Cc1n[nH]c(C)c1S(=O)(=O)N1CCCN(c2ccccc2)C(=O)C1. The normalized spacial score (nSPS) is 17.1. The Morgan fingerprint density at radius 2 is 1.83 bits per heavy atom. The van der Waals surface area contributed by atoms with E-state index in [1.165, 1.54) is 4.31 Å². The number of aryl methyl sites for hydroxylation is 2. The standard InChI is InChI=1S/C16H20N4O3S/c1-12-16(13(2)18-17-12)24(22,23)19-9-6-10-20(15(21)11-19)14-7-4-3-5-8-14/h3-5,7-8H,6,9-11H2,1-2H3,(H,17,18). The van der Waals surface area contributed by atoms with Crippen molar-refractivity contribution in [1.29, 1.82) is 0 Å². The number of carbonyl (C=O) groups is 1. The third kappa shape index (κ3) is 2.94. The molecule has 0 unspecified atom stereocenters. The van der Waals surface area contributed by atoms with E-state index >= 15 is 0 Å². The highest BCUT2D eigenvalue weighted by Crippen LogP contribution is 2.24. The number of benzene rings is 1. The highest BCUT2D eigenvalue weighted by Gasteiger charge is 2.34. The van der Waals surface area contributed by atoms with Gasteiger partial charge in [0.1, 0.15) is 4.90 Å². The number of para-hydroxylation sites is 1. The summed E-state index contributed by atoms with van der Waals surface area (Å²) in [5.41, 5.74) is 1.70. The van der Waals surface area contributed by atoms with Crippen LogP contribution in [0.1, 0.15) is 17.8 Å². The summed E-state index contributed by atoms with van der Waals surface area (Å²) in [7, 11) is -3.75. The van der Waals surface area contributed by atoms with E-state index in [1.807, 2.05) is 30.3 Å². The van der Waals surface area contributed by atoms with Crippen LogP contribution in [0.4, 0.5) is 5.69 Å². The molecule has 1 aliphatic rings. The minimum absolute atomic E-state index is 0.165. The number of nitrogens with zero attached hydrogens (tertiary/aromatic N) is 3. The van der Waals surface area contributed by atoms with Gasteiger partial charge in [-0.3, -0.25) is 9.89 Å². The molecular formula is C16H20N4O3S. The molecular weight excluding hydrogens is 328 g/mol. The molecule has 24 heavy (non-hydrogen) atoms. The van der Waals surface area contributed by atoms with Crippen molar-refractivity contribution in [1.82, 2.24) is 14.5 Å². The van der Waals surface area contributed by atoms with Crippen LogP contribution in [-0.4, -0.2) is 48.5 Å². The number of aromatic nitrogens is 2. The molecule has 1 aromatic carbocycles. The molecule has 0 atom stereocenters. The number of sulfonamides is 1. The Labute approximate surface area is 141 Å². The van der Waals surface area contributed by atoms with Gasteiger partial charge < -0.3 is 4.90 Å². The summed E-state index contributed by atoms with van der Waals surface area (Å²) >= 11 is 0. The van der Waals surface area contributed by atoms with Crippen molar-refractivity contribution in [2.75, 3.05) is 24.5 Å². The Hall–Kier alpha value is -2.19.